The van der Waals surface area contributed by atoms with Crippen molar-refractivity contribution in [2.45, 2.75) is 25.1 Å². The van der Waals surface area contributed by atoms with Crippen LogP contribution in [-0.4, -0.2) is 18.1 Å². The Morgan fingerprint density at radius 2 is 2.20 bits per heavy atom. The summed E-state index contributed by atoms with van der Waals surface area (Å²) >= 11 is 1.14. The van der Waals surface area contributed by atoms with Crippen molar-refractivity contribution in [1.29, 1.82) is 0 Å². The predicted octanol–water partition coefficient (Wildman–Crippen LogP) is 4.11. The van der Waals surface area contributed by atoms with Gasteiger partial charge in [-0.25, -0.2) is 0 Å². The van der Waals surface area contributed by atoms with E-state index in [0.717, 1.165) is 11.3 Å². The van der Waals surface area contributed by atoms with Crippen LogP contribution in [-0.2, 0) is 4.74 Å². The van der Waals surface area contributed by atoms with Gasteiger partial charge in [-0.1, -0.05) is 12.1 Å². The van der Waals surface area contributed by atoms with Crippen LogP contribution in [0.5, 0.6) is 0 Å². The van der Waals surface area contributed by atoms with Gasteiger partial charge in [0, 0.05) is 11.5 Å². The Morgan fingerprint density at radius 3 is 2.85 bits per heavy atom. The minimum Gasteiger partial charge on any atom is -0.481 e. The van der Waals surface area contributed by atoms with Gasteiger partial charge in [-0.2, -0.15) is 13.2 Å². The molecule has 2 atom stereocenters. The summed E-state index contributed by atoms with van der Waals surface area (Å²) in [6, 6.07) is 3.18. The number of hydrogen-bond acceptors (Lipinski definition) is 3. The third-order valence-electron chi connectivity index (χ3n) is 3.50. The number of alkyl halides is 3. The predicted molar refractivity (Wildman–Crippen MR) is 68.5 cm³/mol. The maximum absolute atomic E-state index is 13.1. The van der Waals surface area contributed by atoms with E-state index in [1.54, 1.807) is 17.5 Å². The van der Waals surface area contributed by atoms with Crippen LogP contribution in [0.2, 0.25) is 0 Å². The number of ether oxygens (including phenoxy) is 1. The van der Waals surface area contributed by atoms with Gasteiger partial charge in [-0.15, -0.1) is 11.3 Å². The standard InChI is InChI=1S/C14H11F3O2S/c15-14(16,17)13-9(12(18)11-5-2-6-20-11)7-8-3-1-4-10(8)19-13/h1-2,4-6,8,10H,3,7H2. The maximum Gasteiger partial charge on any atom is 0.449 e. The number of carbonyl (C=O) groups excluding carboxylic acids is 1. The summed E-state index contributed by atoms with van der Waals surface area (Å²) in [7, 11) is 0. The zero-order chi connectivity index (χ0) is 14.3. The van der Waals surface area contributed by atoms with Crippen molar-refractivity contribution in [1.82, 2.24) is 0 Å². The lowest BCUT2D eigenvalue weighted by Gasteiger charge is -2.30. The number of carbonyl (C=O) groups is 1. The minimum absolute atomic E-state index is 0.0694. The fourth-order valence-corrected chi connectivity index (χ4v) is 3.26. The molecule has 106 valence electrons. The first-order valence-electron chi connectivity index (χ1n) is 6.18. The molecule has 0 spiro atoms. The van der Waals surface area contributed by atoms with Crippen molar-refractivity contribution in [3.63, 3.8) is 0 Å². The van der Waals surface area contributed by atoms with Gasteiger partial charge in [0.1, 0.15) is 6.10 Å². The Labute approximate surface area is 117 Å². The third kappa shape index (κ3) is 2.28. The van der Waals surface area contributed by atoms with E-state index in [-0.39, 0.29) is 17.9 Å². The summed E-state index contributed by atoms with van der Waals surface area (Å²) in [5.41, 5.74) is -0.245. The second-order valence-corrected chi connectivity index (χ2v) is 5.77. The molecule has 2 unspecified atom stereocenters. The van der Waals surface area contributed by atoms with Gasteiger partial charge >= 0.3 is 6.18 Å². The Kier molecular flexibility index (Phi) is 3.20. The van der Waals surface area contributed by atoms with Crippen LogP contribution >= 0.6 is 11.3 Å². The highest BCUT2D eigenvalue weighted by Crippen LogP contribution is 2.42. The molecule has 3 rings (SSSR count). The average molecular weight is 300 g/mol. The molecule has 1 aliphatic carbocycles. The largest absolute Gasteiger partial charge is 0.481 e. The van der Waals surface area contributed by atoms with Gasteiger partial charge in [0.05, 0.1) is 4.88 Å². The quantitative estimate of drug-likeness (QED) is 0.607. The fourth-order valence-electron chi connectivity index (χ4n) is 2.57. The molecule has 1 aliphatic heterocycles. The Bertz CT molecular complexity index is 584. The highest BCUT2D eigenvalue weighted by atomic mass is 32.1. The smallest absolute Gasteiger partial charge is 0.449 e. The second-order valence-electron chi connectivity index (χ2n) is 4.82. The maximum atomic E-state index is 13.1. The molecule has 6 heteroatoms. The zero-order valence-corrected chi connectivity index (χ0v) is 11.1. The highest BCUT2D eigenvalue weighted by Gasteiger charge is 2.46. The number of rotatable bonds is 2. The molecule has 0 fully saturated rings. The van der Waals surface area contributed by atoms with E-state index in [1.165, 1.54) is 6.07 Å². The second kappa shape index (κ2) is 4.77. The van der Waals surface area contributed by atoms with Crippen LogP contribution in [0.4, 0.5) is 13.2 Å². The number of hydrogen-bond donors (Lipinski definition) is 0. The van der Waals surface area contributed by atoms with E-state index < -0.39 is 23.8 Å². The van der Waals surface area contributed by atoms with Crippen LogP contribution in [0.25, 0.3) is 0 Å². The summed E-state index contributed by atoms with van der Waals surface area (Å²) in [5.74, 6) is -1.76. The molecular weight excluding hydrogens is 289 g/mol. The number of ketones is 1. The van der Waals surface area contributed by atoms with Crippen molar-refractivity contribution < 1.29 is 22.7 Å². The van der Waals surface area contributed by atoms with Gasteiger partial charge < -0.3 is 4.74 Å². The summed E-state index contributed by atoms with van der Waals surface area (Å²) in [4.78, 5) is 12.6. The SMILES string of the molecule is O=C(C1=C(C(F)(F)F)OC2C=CCC2C1)c1cccs1. The van der Waals surface area contributed by atoms with Crippen molar-refractivity contribution in [2.24, 2.45) is 5.92 Å². The molecule has 0 amide bonds. The first kappa shape index (κ1) is 13.4. The normalized spacial score (nSPS) is 25.6. The Hall–Kier alpha value is -1.56. The van der Waals surface area contributed by atoms with Crippen molar-refractivity contribution in [3.05, 3.63) is 45.9 Å². The average Bonchev–Trinajstić information content (AvgIpc) is 3.06. The first-order valence-corrected chi connectivity index (χ1v) is 7.06. The van der Waals surface area contributed by atoms with Crippen molar-refractivity contribution in [2.75, 3.05) is 0 Å². The zero-order valence-electron chi connectivity index (χ0n) is 10.3. The van der Waals surface area contributed by atoms with Crippen molar-refractivity contribution in [3.8, 4) is 0 Å². The molecule has 0 aromatic carbocycles. The molecule has 1 aromatic rings. The van der Waals surface area contributed by atoms with Crippen LogP contribution in [0.1, 0.15) is 22.5 Å². The Morgan fingerprint density at radius 1 is 1.40 bits per heavy atom. The summed E-state index contributed by atoms with van der Waals surface area (Å²) in [6.45, 7) is 0. The number of thiophene rings is 1. The number of Topliss-reactive ketones (excluding diaryl/α,β-unsaturated/α-hetero) is 1. The number of fused-ring (bicyclic) bond motifs is 1. The van der Waals surface area contributed by atoms with Gasteiger partial charge in [-0.3, -0.25) is 4.79 Å². The molecule has 2 nitrogen and oxygen atoms in total. The summed E-state index contributed by atoms with van der Waals surface area (Å²) < 4.78 is 44.3. The topological polar surface area (TPSA) is 26.3 Å². The van der Waals surface area contributed by atoms with Crippen LogP contribution in [0, 0.1) is 5.92 Å². The molecule has 20 heavy (non-hydrogen) atoms. The fraction of sp³-hybridized carbons (Fsp3) is 0.357. The molecule has 0 radical (unpaired) electrons. The van der Waals surface area contributed by atoms with Crippen molar-refractivity contribution >= 4 is 17.1 Å². The monoisotopic (exact) mass is 300 g/mol. The summed E-state index contributed by atoms with van der Waals surface area (Å²) in [5, 5.41) is 1.67. The molecule has 2 aliphatic rings. The molecule has 0 N–H and O–H groups in total. The lowest BCUT2D eigenvalue weighted by atomic mass is 9.89. The van der Waals surface area contributed by atoms with E-state index in [1.807, 2.05) is 6.08 Å². The van der Waals surface area contributed by atoms with Gasteiger partial charge in [0.25, 0.3) is 0 Å². The number of allylic oxidation sites excluding steroid dienone is 3. The highest BCUT2D eigenvalue weighted by molar-refractivity contribution is 7.12. The molecule has 1 aromatic heterocycles. The molecule has 0 saturated carbocycles. The van der Waals surface area contributed by atoms with Crippen LogP contribution < -0.4 is 0 Å². The van der Waals surface area contributed by atoms with E-state index in [9.17, 15) is 18.0 Å². The van der Waals surface area contributed by atoms with Crippen LogP contribution in [0.15, 0.2) is 41.0 Å². The molecule has 0 saturated heterocycles. The molecule has 0 bridgehead atoms. The molecular formula is C14H11F3O2S. The summed E-state index contributed by atoms with van der Waals surface area (Å²) in [6.07, 6.45) is -0.985. The van der Waals surface area contributed by atoms with Gasteiger partial charge in [0.2, 0.25) is 11.5 Å². The minimum atomic E-state index is -4.64. The van der Waals surface area contributed by atoms with E-state index in [4.69, 9.17) is 4.74 Å². The van der Waals surface area contributed by atoms with Crippen LogP contribution in [0.3, 0.4) is 0 Å². The Balaban J connectivity index is 2.01. The lowest BCUT2D eigenvalue weighted by Crippen LogP contribution is -2.32. The van der Waals surface area contributed by atoms with Gasteiger partial charge in [0.15, 0.2) is 0 Å². The van der Waals surface area contributed by atoms with E-state index in [2.05, 4.69) is 0 Å². The lowest BCUT2D eigenvalue weighted by molar-refractivity contribution is -0.144. The van der Waals surface area contributed by atoms with Gasteiger partial charge in [-0.05, 0) is 30.4 Å². The van der Waals surface area contributed by atoms with E-state index in [0.29, 0.717) is 11.3 Å². The first-order chi connectivity index (χ1) is 9.47. The third-order valence-corrected chi connectivity index (χ3v) is 4.37. The number of halogens is 3. The van der Waals surface area contributed by atoms with E-state index >= 15 is 0 Å². The molecule has 2 heterocycles.